The Bertz CT molecular complexity index is 875. The summed E-state index contributed by atoms with van der Waals surface area (Å²) in [6.07, 6.45) is 13.4. The van der Waals surface area contributed by atoms with Crippen molar-refractivity contribution in [3.8, 4) is 0 Å². The largest absolute Gasteiger partial charge is 0.573 e. The van der Waals surface area contributed by atoms with E-state index in [0.29, 0.717) is 12.1 Å². The molecule has 2 saturated carbocycles. The first kappa shape index (κ1) is 21.2. The van der Waals surface area contributed by atoms with Gasteiger partial charge in [0.25, 0.3) is 0 Å². The van der Waals surface area contributed by atoms with Crippen molar-refractivity contribution in [3.05, 3.63) is 59.7 Å². The lowest BCUT2D eigenvalue weighted by atomic mass is 9.40. The smallest absolute Gasteiger partial charge is 0.242 e. The first-order chi connectivity index (χ1) is 15.3. The molecule has 2 aromatic rings. The molecule has 1 heterocycles. The summed E-state index contributed by atoms with van der Waals surface area (Å²) in [6.45, 7) is 0.580. The van der Waals surface area contributed by atoms with Crippen molar-refractivity contribution in [2.75, 3.05) is 7.11 Å². The summed E-state index contributed by atoms with van der Waals surface area (Å²) in [4.78, 5) is 2.75. The van der Waals surface area contributed by atoms with Crippen LogP contribution in [0.4, 0.5) is 0 Å². The number of nitrogens with zero attached hydrogens (tertiary/aromatic N) is 1. The Labute approximate surface area is 188 Å². The van der Waals surface area contributed by atoms with Crippen molar-refractivity contribution >= 4 is 17.4 Å². The molecule has 0 unspecified atom stereocenters. The molecule has 0 bridgehead atoms. The summed E-state index contributed by atoms with van der Waals surface area (Å²) in [6, 6.07) is 19.4. The molecule has 0 saturated heterocycles. The lowest BCUT2D eigenvalue weighted by molar-refractivity contribution is 0.211. The standard InChI is InChI=1S/C27H38BN2O/c1-31-28(26-18-10-8-12-22(26)20-29-24-14-4-2-5-15-24)27-19-11-9-13-23(27)21-30(28)25-16-6-3-7-17-25/h8-13,18-19,24-25,29H,2-7,14-17,20-21H2,1H3/q-1/t28-/m1/s1. The maximum absolute atomic E-state index is 6.67. The minimum atomic E-state index is -1.37. The molecule has 3 aliphatic rings. The number of fused-ring (bicyclic) bond motifs is 1. The highest BCUT2D eigenvalue weighted by molar-refractivity contribution is 6.96. The van der Waals surface area contributed by atoms with Crippen LogP contribution in [-0.2, 0) is 17.7 Å². The van der Waals surface area contributed by atoms with Crippen molar-refractivity contribution in [1.29, 1.82) is 0 Å². The van der Waals surface area contributed by atoms with Crippen molar-refractivity contribution in [2.45, 2.75) is 89.4 Å². The molecule has 1 aliphatic heterocycles. The third-order valence-electron chi connectivity index (χ3n) is 8.34. The zero-order chi connectivity index (χ0) is 21.1. The summed E-state index contributed by atoms with van der Waals surface area (Å²) in [7, 11) is 1.95. The Balaban J connectivity index is 1.53. The molecule has 2 aliphatic carbocycles. The molecule has 166 valence electrons. The molecular formula is C27H38BN2O-. The third-order valence-corrected chi connectivity index (χ3v) is 8.34. The van der Waals surface area contributed by atoms with Crippen molar-refractivity contribution < 1.29 is 4.65 Å². The van der Waals surface area contributed by atoms with Gasteiger partial charge in [-0.3, -0.25) is 0 Å². The van der Waals surface area contributed by atoms with Crippen molar-refractivity contribution in [3.63, 3.8) is 0 Å². The van der Waals surface area contributed by atoms with Gasteiger partial charge < -0.3 is 14.8 Å². The average Bonchev–Trinajstić information content (AvgIpc) is 3.19. The predicted octanol–water partition coefficient (Wildman–Crippen LogP) is 4.46. The predicted molar refractivity (Wildman–Crippen MR) is 131 cm³/mol. The molecule has 2 fully saturated rings. The second-order valence-electron chi connectivity index (χ2n) is 10.1. The van der Waals surface area contributed by atoms with Crippen LogP contribution in [0, 0.1) is 0 Å². The van der Waals surface area contributed by atoms with Crippen molar-refractivity contribution in [1.82, 2.24) is 10.1 Å². The highest BCUT2D eigenvalue weighted by Gasteiger charge is 2.44. The lowest BCUT2D eigenvalue weighted by Crippen LogP contribution is -2.71. The summed E-state index contributed by atoms with van der Waals surface area (Å²) < 4.78 is 6.67. The van der Waals surface area contributed by atoms with Gasteiger partial charge in [0, 0.05) is 12.6 Å². The topological polar surface area (TPSA) is 24.5 Å². The van der Waals surface area contributed by atoms with Gasteiger partial charge in [0.1, 0.15) is 0 Å². The maximum atomic E-state index is 6.67. The second-order valence-corrected chi connectivity index (χ2v) is 10.1. The Kier molecular flexibility index (Phi) is 6.50. The number of nitrogens with one attached hydrogen (secondary N) is 1. The van der Waals surface area contributed by atoms with Gasteiger partial charge >= 0.3 is 0 Å². The van der Waals surface area contributed by atoms with E-state index in [1.807, 2.05) is 7.11 Å². The summed E-state index contributed by atoms with van der Waals surface area (Å²) in [5.74, 6) is 0. The van der Waals surface area contributed by atoms with E-state index in [-0.39, 0.29) is 0 Å². The average molecular weight is 417 g/mol. The van der Waals surface area contributed by atoms with Crippen LogP contribution < -0.4 is 16.2 Å². The van der Waals surface area contributed by atoms with Gasteiger partial charge in [0.05, 0.1) is 0 Å². The van der Waals surface area contributed by atoms with Crippen molar-refractivity contribution in [2.24, 2.45) is 0 Å². The molecule has 0 spiro atoms. The highest BCUT2D eigenvalue weighted by Crippen LogP contribution is 2.33. The SMILES string of the molecule is CO[B@-]1(c2ccccc2CNC2CCCCC2)c2ccccc2CN1C1CCCCC1. The molecule has 1 N–H and O–H groups in total. The molecule has 0 aromatic heterocycles. The first-order valence-electron chi connectivity index (χ1n) is 12.7. The van der Waals surface area contributed by atoms with E-state index in [0.717, 1.165) is 13.1 Å². The van der Waals surface area contributed by atoms with E-state index in [2.05, 4.69) is 58.7 Å². The fourth-order valence-corrected chi connectivity index (χ4v) is 6.78. The van der Waals surface area contributed by atoms with Gasteiger partial charge in [-0.2, -0.15) is 10.9 Å². The maximum Gasteiger partial charge on any atom is 0.242 e. The van der Waals surface area contributed by atoms with Crippen LogP contribution in [0.25, 0.3) is 0 Å². The van der Waals surface area contributed by atoms with Gasteiger partial charge in [-0.05, 0) is 45.4 Å². The van der Waals surface area contributed by atoms with Gasteiger partial charge in [0.15, 0.2) is 0 Å². The monoisotopic (exact) mass is 417 g/mol. The molecule has 31 heavy (non-hydrogen) atoms. The Hall–Kier alpha value is -1.62. The Morgan fingerprint density at radius 1 is 0.839 bits per heavy atom. The number of benzene rings is 2. The zero-order valence-corrected chi connectivity index (χ0v) is 19.2. The van der Waals surface area contributed by atoms with Crippen LogP contribution in [-0.4, -0.2) is 30.5 Å². The number of hydrogen-bond donors (Lipinski definition) is 1. The molecule has 4 heteroatoms. The molecule has 5 rings (SSSR count). The van der Waals surface area contributed by atoms with Crippen LogP contribution in [0.15, 0.2) is 48.5 Å². The highest BCUT2D eigenvalue weighted by atomic mass is 16.4. The minimum Gasteiger partial charge on any atom is -0.573 e. The molecule has 1 atom stereocenters. The van der Waals surface area contributed by atoms with Gasteiger partial charge in [0.2, 0.25) is 6.48 Å². The fourth-order valence-electron chi connectivity index (χ4n) is 6.78. The normalized spacial score (nSPS) is 25.6. The van der Waals surface area contributed by atoms with Crippen LogP contribution in [0.5, 0.6) is 0 Å². The molecule has 2 aromatic carbocycles. The van der Waals surface area contributed by atoms with Crippen LogP contribution in [0.1, 0.15) is 75.3 Å². The fraction of sp³-hybridized carbons (Fsp3) is 0.556. The number of rotatable bonds is 6. The van der Waals surface area contributed by atoms with E-state index in [9.17, 15) is 0 Å². The van der Waals surface area contributed by atoms with E-state index in [4.69, 9.17) is 4.65 Å². The Morgan fingerprint density at radius 3 is 2.23 bits per heavy atom. The van der Waals surface area contributed by atoms with E-state index in [1.54, 1.807) is 0 Å². The van der Waals surface area contributed by atoms with Gasteiger partial charge in [-0.25, -0.2) is 0 Å². The van der Waals surface area contributed by atoms with Crippen LogP contribution in [0.2, 0.25) is 0 Å². The van der Waals surface area contributed by atoms with Gasteiger partial charge in [-0.1, -0.05) is 98.2 Å². The Morgan fingerprint density at radius 2 is 1.48 bits per heavy atom. The van der Waals surface area contributed by atoms with E-state index in [1.165, 1.54) is 86.3 Å². The van der Waals surface area contributed by atoms with Crippen LogP contribution in [0.3, 0.4) is 0 Å². The quantitative estimate of drug-likeness (QED) is 0.703. The molecule has 0 amide bonds. The van der Waals surface area contributed by atoms with Crippen LogP contribution >= 0.6 is 0 Å². The summed E-state index contributed by atoms with van der Waals surface area (Å²) in [5, 5.41) is 3.90. The third kappa shape index (κ3) is 3.99. The first-order valence-corrected chi connectivity index (χ1v) is 12.7. The van der Waals surface area contributed by atoms with E-state index >= 15 is 0 Å². The van der Waals surface area contributed by atoms with Gasteiger partial charge in [-0.15, -0.1) is 0 Å². The summed E-state index contributed by atoms with van der Waals surface area (Å²) >= 11 is 0. The lowest BCUT2D eigenvalue weighted by Gasteiger charge is -2.52. The molecule has 3 nitrogen and oxygen atoms in total. The van der Waals surface area contributed by atoms with E-state index < -0.39 is 6.48 Å². The molecule has 0 radical (unpaired) electrons. The molecular weight excluding hydrogens is 379 g/mol. The number of hydrogen-bond acceptors (Lipinski definition) is 3. The minimum absolute atomic E-state index is 0.612. The zero-order valence-electron chi connectivity index (χ0n) is 19.2. The second kappa shape index (κ2) is 9.48. The summed E-state index contributed by atoms with van der Waals surface area (Å²) in [5.41, 5.74) is 5.65.